The molecule has 0 aliphatic heterocycles. The summed E-state index contributed by atoms with van der Waals surface area (Å²) >= 11 is 0. The van der Waals surface area contributed by atoms with Gasteiger partial charge in [0.15, 0.2) is 5.52 Å². The number of hydrogen-bond acceptors (Lipinski definition) is 3. The molecular weight excluding hydrogens is 434 g/mol. The van der Waals surface area contributed by atoms with Crippen molar-refractivity contribution in [3.05, 3.63) is 52.6 Å². The minimum absolute atomic E-state index is 0. The van der Waals surface area contributed by atoms with Crippen LogP contribution in [0.2, 0.25) is 0 Å². The molecule has 3 nitrogen and oxygen atoms in total. The van der Waals surface area contributed by atoms with Crippen molar-refractivity contribution in [2.45, 2.75) is 80.6 Å². The summed E-state index contributed by atoms with van der Waals surface area (Å²) in [6.07, 6.45) is 1.98. The molecule has 2 aromatic rings. The van der Waals surface area contributed by atoms with E-state index in [4.69, 9.17) is 9.47 Å². The zero-order chi connectivity index (χ0) is 24.8. The molecule has 5 heteroatoms. The molecule has 0 aliphatic carbocycles. The summed E-state index contributed by atoms with van der Waals surface area (Å²) in [5, 5.41) is 0.943. The van der Waals surface area contributed by atoms with Crippen LogP contribution in [0.4, 0.5) is 0 Å². The number of carbonyl (C=O) groups is 1. The Morgan fingerprint density at radius 2 is 1.41 bits per heavy atom. The van der Waals surface area contributed by atoms with E-state index in [0.717, 1.165) is 46.3 Å². The number of benzene rings is 2. The third kappa shape index (κ3) is 9.41. The fourth-order valence-corrected chi connectivity index (χ4v) is 4.77. The molecule has 0 spiro atoms. The number of rotatable bonds is 11. The molecule has 1 atom stereocenters. The van der Waals surface area contributed by atoms with Gasteiger partial charge in [-0.25, -0.2) is 0 Å². The maximum absolute atomic E-state index is 13.4. The number of carbonyl (C=O) groups excluding carboxylic acids is 1. The molecule has 0 N–H and O–H groups in total. The van der Waals surface area contributed by atoms with Crippen molar-refractivity contribution in [3.63, 3.8) is 0 Å². The molecule has 0 saturated heterocycles. The Kier molecular flexibility index (Phi) is 12.4. The van der Waals surface area contributed by atoms with Crippen LogP contribution in [0.5, 0.6) is 11.5 Å². The number of aryl methyl sites for hydroxylation is 2. The van der Waals surface area contributed by atoms with Gasteiger partial charge in [0.05, 0.1) is 13.2 Å². The number of ether oxygens (including phenoxy) is 2. The monoisotopic (exact) mass is 478 g/mol. The summed E-state index contributed by atoms with van der Waals surface area (Å²) in [6, 6.07) is 10.2. The fraction of sp³-hybridized carbons (Fsp3) is 0.552. The van der Waals surface area contributed by atoms with Crippen LogP contribution in [-0.4, -0.2) is 37.6 Å². The molecule has 0 saturated carbocycles. The van der Waals surface area contributed by atoms with Crippen LogP contribution in [0, 0.1) is 25.7 Å². The van der Waals surface area contributed by atoms with Crippen LogP contribution >= 0.6 is 8.58 Å². The molecule has 2 aromatic carbocycles. The van der Waals surface area contributed by atoms with Gasteiger partial charge in [-0.2, -0.15) is 0 Å². The van der Waals surface area contributed by atoms with Crippen molar-refractivity contribution in [2.24, 2.45) is 11.8 Å². The van der Waals surface area contributed by atoms with Gasteiger partial charge in [0.25, 0.3) is 0 Å². The van der Waals surface area contributed by atoms with Crippen LogP contribution in [0.1, 0.15) is 88.4 Å². The van der Waals surface area contributed by atoms with Crippen molar-refractivity contribution in [1.82, 2.24) is 0 Å². The van der Waals surface area contributed by atoms with Gasteiger partial charge in [0, 0.05) is 16.9 Å². The normalized spacial score (nSPS) is 11.9. The van der Waals surface area contributed by atoms with Crippen LogP contribution in [0.25, 0.3) is 0 Å². The second kappa shape index (κ2) is 13.7. The molecule has 0 aromatic heterocycles. The first kappa shape index (κ1) is 30.8. The Balaban J connectivity index is 0.00000578. The van der Waals surface area contributed by atoms with E-state index >= 15 is 0 Å². The zero-order valence-corrected chi connectivity index (χ0v) is 23.1. The molecule has 0 amide bonds. The molecular formula is C29H44LiO3P. The second-order valence-electron chi connectivity index (χ2n) is 10.9. The van der Waals surface area contributed by atoms with E-state index in [9.17, 15) is 4.79 Å². The van der Waals surface area contributed by atoms with Crippen molar-refractivity contribution < 1.29 is 14.3 Å². The van der Waals surface area contributed by atoms with Gasteiger partial charge in [0.2, 0.25) is 0 Å². The molecule has 184 valence electrons. The maximum atomic E-state index is 13.4. The summed E-state index contributed by atoms with van der Waals surface area (Å²) in [4.78, 5) is 13.4. The van der Waals surface area contributed by atoms with Crippen LogP contribution in [-0.2, 0) is 5.41 Å². The summed E-state index contributed by atoms with van der Waals surface area (Å²) < 4.78 is 12.1. The minimum atomic E-state index is 0. The molecule has 0 radical (unpaired) electrons. The Bertz CT molecular complexity index is 922. The van der Waals surface area contributed by atoms with Crippen LogP contribution in [0.15, 0.2) is 30.3 Å². The van der Waals surface area contributed by atoms with Gasteiger partial charge in [-0.1, -0.05) is 60.6 Å². The topological polar surface area (TPSA) is 35.5 Å². The molecule has 0 aliphatic rings. The summed E-state index contributed by atoms with van der Waals surface area (Å²) in [6.45, 7) is 20.8. The first-order chi connectivity index (χ1) is 15.4. The third-order valence-electron chi connectivity index (χ3n) is 5.74. The van der Waals surface area contributed by atoms with Crippen molar-refractivity contribution in [3.8, 4) is 11.5 Å². The molecule has 34 heavy (non-hydrogen) atoms. The molecule has 1 unspecified atom stereocenters. The van der Waals surface area contributed by atoms with Gasteiger partial charge in [0.1, 0.15) is 11.5 Å². The summed E-state index contributed by atoms with van der Waals surface area (Å²) in [7, 11) is 0.0118. The first-order valence-electron chi connectivity index (χ1n) is 12.2. The van der Waals surface area contributed by atoms with Crippen LogP contribution in [0.3, 0.4) is 0 Å². The van der Waals surface area contributed by atoms with Crippen LogP contribution < -0.4 is 14.8 Å². The number of hydrogen-bond donors (Lipinski definition) is 0. The quantitative estimate of drug-likeness (QED) is 0.259. The molecule has 0 bridgehead atoms. The Labute approximate surface area is 221 Å². The average Bonchev–Trinajstić information content (AvgIpc) is 2.68. The second-order valence-corrected chi connectivity index (χ2v) is 12.2. The van der Waals surface area contributed by atoms with Gasteiger partial charge in [-0.05, 0) is 81.3 Å². The van der Waals surface area contributed by atoms with E-state index in [-0.39, 0.29) is 38.4 Å². The average molecular weight is 479 g/mol. The van der Waals surface area contributed by atoms with Gasteiger partial charge < -0.3 is 9.47 Å². The Morgan fingerprint density at radius 1 is 0.882 bits per heavy atom. The van der Waals surface area contributed by atoms with E-state index in [2.05, 4.69) is 60.6 Å². The van der Waals surface area contributed by atoms with E-state index in [1.807, 2.05) is 32.0 Å². The van der Waals surface area contributed by atoms with Gasteiger partial charge in [-0.15, -0.1) is 0 Å². The van der Waals surface area contributed by atoms with E-state index in [1.165, 1.54) is 5.56 Å². The van der Waals surface area contributed by atoms with E-state index in [0.29, 0.717) is 25.0 Å². The third-order valence-corrected chi connectivity index (χ3v) is 6.90. The van der Waals surface area contributed by atoms with E-state index in [1.54, 1.807) is 0 Å². The predicted molar refractivity (Wildman–Crippen MR) is 150 cm³/mol. The summed E-state index contributed by atoms with van der Waals surface area (Å²) in [5.74, 6) is 2.74. The Hall–Kier alpha value is -1.26. The van der Waals surface area contributed by atoms with Crippen molar-refractivity contribution in [1.29, 1.82) is 0 Å². The van der Waals surface area contributed by atoms with Gasteiger partial charge >= 0.3 is 18.9 Å². The molecule has 0 fully saturated rings. The first-order valence-corrected chi connectivity index (χ1v) is 13.2. The predicted octanol–water partition coefficient (Wildman–Crippen LogP) is 6.95. The van der Waals surface area contributed by atoms with Crippen molar-refractivity contribution >= 4 is 38.3 Å². The molecule has 2 rings (SSSR count). The summed E-state index contributed by atoms with van der Waals surface area (Å²) in [5.41, 5.74) is 4.42. The standard InChI is InChI=1S/C29H43O3P.Li.H/c1-19(2)12-14-31-24-10-11-26(25(18-24)32-15-13-20(3)4)33-28(30)27-21(5)16-23(17-22(27)6)29(7,8)9;;/h10-11,16-20,33H,12-15H2,1-9H3;;. The van der Waals surface area contributed by atoms with Gasteiger partial charge in [-0.3, -0.25) is 4.79 Å². The van der Waals surface area contributed by atoms with Crippen molar-refractivity contribution in [2.75, 3.05) is 13.2 Å². The molecule has 0 heterocycles. The zero-order valence-electron chi connectivity index (χ0n) is 22.1. The Morgan fingerprint density at radius 3 is 1.91 bits per heavy atom. The SMILES string of the molecule is Cc1cc(C(C)(C)C)cc(C)c1C(=O)Pc1ccc(OCCC(C)C)cc1OCCC(C)C.[LiH]. The van der Waals surface area contributed by atoms with E-state index < -0.39 is 0 Å². The fourth-order valence-electron chi connectivity index (χ4n) is 3.57.